The van der Waals surface area contributed by atoms with Crippen LogP contribution >= 0.6 is 0 Å². The number of aryl methyl sites for hydroxylation is 1. The van der Waals surface area contributed by atoms with E-state index in [1.54, 1.807) is 31.9 Å². The molecule has 15 heteroatoms. The number of nitrogens with zero attached hydrogens (tertiary/aromatic N) is 10. The first-order valence-electron chi connectivity index (χ1n) is 31.5. The van der Waals surface area contributed by atoms with Crippen molar-refractivity contribution in [3.05, 3.63) is 314 Å². The van der Waals surface area contributed by atoms with E-state index in [0.29, 0.717) is 42.7 Å². The highest BCUT2D eigenvalue weighted by Crippen LogP contribution is 2.41. The van der Waals surface area contributed by atoms with Crippen LogP contribution in [0.3, 0.4) is 0 Å². The first-order valence-corrected chi connectivity index (χ1v) is 31.5. The highest BCUT2D eigenvalue weighted by atomic mass is 16.5. The molecule has 0 unspecified atom stereocenters. The minimum absolute atomic E-state index is 0.0345. The molecule has 0 bridgehead atoms. The lowest BCUT2D eigenvalue weighted by atomic mass is 9.96. The van der Waals surface area contributed by atoms with E-state index in [9.17, 15) is 4.79 Å². The predicted molar refractivity (Wildman–Crippen MR) is 385 cm³/mol. The molecule has 0 fully saturated rings. The van der Waals surface area contributed by atoms with E-state index in [1.807, 2.05) is 141 Å². The minimum Gasteiger partial charge on any atom is -0.467 e. The highest BCUT2D eigenvalue weighted by Gasteiger charge is 2.20. The minimum atomic E-state index is -0.0345. The number of hydrogen-bond acceptors (Lipinski definition) is 15. The fraction of sp³-hybridized carbons (Fsp3) is 0.0741. The number of methoxy groups -OCH3 is 1. The number of aromatic nitrogens is 10. The summed E-state index contributed by atoms with van der Waals surface area (Å²) in [5.41, 5.74) is 16.5. The lowest BCUT2D eigenvalue weighted by Crippen LogP contribution is -2.05. The van der Waals surface area contributed by atoms with Crippen LogP contribution in [0.2, 0.25) is 0 Å². The van der Waals surface area contributed by atoms with Gasteiger partial charge in [-0.2, -0.15) is 0 Å². The van der Waals surface area contributed by atoms with Crippen molar-refractivity contribution in [1.82, 2.24) is 50.5 Å². The molecule has 6 heterocycles. The number of carbonyl (C=O) groups excluding carboxylic acids is 1. The Hall–Kier alpha value is -12.8. The van der Waals surface area contributed by atoms with Gasteiger partial charge in [0, 0.05) is 111 Å². The maximum Gasteiger partial charge on any atom is 0.316 e. The number of rotatable bonds is 17. The number of benzene rings is 9. The maximum absolute atomic E-state index is 11.9. The van der Waals surface area contributed by atoms with Crippen LogP contribution in [0.1, 0.15) is 39.7 Å². The van der Waals surface area contributed by atoms with Gasteiger partial charge < -0.3 is 20.7 Å². The average Bonchev–Trinajstić information content (AvgIpc) is 0.784. The molecule has 0 spiro atoms. The molecule has 0 aliphatic carbocycles. The molecule has 0 aliphatic heterocycles. The second kappa shape index (κ2) is 29.7. The van der Waals surface area contributed by atoms with Crippen LogP contribution in [0.5, 0.6) is 6.01 Å². The summed E-state index contributed by atoms with van der Waals surface area (Å²) < 4.78 is 5.09. The summed E-state index contributed by atoms with van der Waals surface area (Å²) in [5, 5.41) is 44.1. The van der Waals surface area contributed by atoms with Gasteiger partial charge in [-0.15, -0.1) is 30.6 Å². The van der Waals surface area contributed by atoms with Gasteiger partial charge in [0.15, 0.2) is 23.2 Å². The SMILES string of the molecule is CC(=O)c1cncc(-c2nnc(NCc3ccccc3)c3c(-c4ccccc4)cccc23)c1.COc1ncc(-c2nnc(NCc3ccccc3)c3c(-c4ccccc4)cccc23)cn1.Cc1cc(-c2nnc(NCc3ccccc3)c3c(-c4ccccc4)cccc23)ccn1. The van der Waals surface area contributed by atoms with Gasteiger partial charge in [-0.05, 0) is 82.1 Å². The highest BCUT2D eigenvalue weighted by molar-refractivity contribution is 6.11. The van der Waals surface area contributed by atoms with Crippen molar-refractivity contribution in [2.45, 2.75) is 33.5 Å². The van der Waals surface area contributed by atoms with Gasteiger partial charge in [-0.25, -0.2) is 9.97 Å². The Labute approximate surface area is 556 Å². The van der Waals surface area contributed by atoms with E-state index in [-0.39, 0.29) is 5.78 Å². The Kier molecular flexibility index (Phi) is 19.2. The largest absolute Gasteiger partial charge is 0.467 e. The van der Waals surface area contributed by atoms with Crippen molar-refractivity contribution < 1.29 is 9.53 Å². The molecule has 0 atom stereocenters. The third-order valence-corrected chi connectivity index (χ3v) is 16.3. The third kappa shape index (κ3) is 14.3. The zero-order chi connectivity index (χ0) is 65.4. The van der Waals surface area contributed by atoms with Gasteiger partial charge >= 0.3 is 6.01 Å². The summed E-state index contributed by atoms with van der Waals surface area (Å²) in [5.74, 6) is 2.20. The van der Waals surface area contributed by atoms with E-state index in [0.717, 1.165) is 117 Å². The van der Waals surface area contributed by atoms with Crippen LogP contribution in [0.15, 0.2) is 286 Å². The molecule has 0 saturated carbocycles. The molecule has 15 nitrogen and oxygen atoms in total. The van der Waals surface area contributed by atoms with Crippen LogP contribution in [0.4, 0.5) is 17.5 Å². The molecule has 0 amide bonds. The molecule has 0 radical (unpaired) electrons. The van der Waals surface area contributed by atoms with Crippen molar-refractivity contribution in [3.8, 4) is 73.2 Å². The Morgan fingerprint density at radius 2 is 0.740 bits per heavy atom. The third-order valence-electron chi connectivity index (χ3n) is 16.3. The summed E-state index contributed by atoms with van der Waals surface area (Å²) in [6, 6.07) is 86.7. The summed E-state index contributed by atoms with van der Waals surface area (Å²) in [4.78, 5) is 29.0. The smallest absolute Gasteiger partial charge is 0.316 e. The number of nitrogens with one attached hydrogen (secondary N) is 3. The second-order valence-electron chi connectivity index (χ2n) is 22.7. The van der Waals surface area contributed by atoms with Crippen LogP contribution in [0.25, 0.3) is 99.5 Å². The molecule has 6 aromatic heterocycles. The van der Waals surface area contributed by atoms with Crippen LogP contribution in [-0.4, -0.2) is 63.4 Å². The molecule has 0 aliphatic rings. The van der Waals surface area contributed by atoms with Gasteiger partial charge in [0.25, 0.3) is 0 Å². The number of ketones is 1. The summed E-state index contributed by atoms with van der Waals surface area (Å²) in [7, 11) is 1.55. The normalized spacial score (nSPS) is 10.8. The number of pyridine rings is 2. The predicted octanol–water partition coefficient (Wildman–Crippen LogP) is 17.8. The first kappa shape index (κ1) is 62.1. The monoisotopic (exact) mass is 1250 g/mol. The zero-order valence-electron chi connectivity index (χ0n) is 53.0. The van der Waals surface area contributed by atoms with Gasteiger partial charge in [0.2, 0.25) is 0 Å². The van der Waals surface area contributed by atoms with Crippen LogP contribution in [0, 0.1) is 6.92 Å². The molecule has 96 heavy (non-hydrogen) atoms. The number of hydrogen-bond donors (Lipinski definition) is 3. The van der Waals surface area contributed by atoms with E-state index in [1.165, 1.54) is 18.1 Å². The van der Waals surface area contributed by atoms with Crippen molar-refractivity contribution >= 4 is 55.6 Å². The summed E-state index contributed by atoms with van der Waals surface area (Å²) in [6.45, 7) is 5.49. The Balaban J connectivity index is 0.000000130. The van der Waals surface area contributed by atoms with E-state index in [2.05, 4.69) is 194 Å². The van der Waals surface area contributed by atoms with Crippen LogP contribution in [-0.2, 0) is 19.6 Å². The lowest BCUT2D eigenvalue weighted by Gasteiger charge is -2.15. The van der Waals surface area contributed by atoms with E-state index in [4.69, 9.17) is 4.74 Å². The van der Waals surface area contributed by atoms with Gasteiger partial charge in [0.05, 0.1) is 7.11 Å². The average molecular weight is 1250 g/mol. The number of Topliss-reactive ketones (excluding diaryl/α,β-unsaturated/α-hetero) is 1. The fourth-order valence-corrected chi connectivity index (χ4v) is 11.6. The van der Waals surface area contributed by atoms with Crippen molar-refractivity contribution in [2.75, 3.05) is 23.1 Å². The van der Waals surface area contributed by atoms with Crippen molar-refractivity contribution in [3.63, 3.8) is 0 Å². The van der Waals surface area contributed by atoms with Crippen molar-refractivity contribution in [2.24, 2.45) is 0 Å². The maximum atomic E-state index is 11.9. The van der Waals surface area contributed by atoms with Gasteiger partial charge in [-0.3, -0.25) is 14.8 Å². The number of carbonyl (C=O) groups is 1. The molecule has 9 aromatic carbocycles. The fourth-order valence-electron chi connectivity index (χ4n) is 11.6. The quantitative estimate of drug-likeness (QED) is 0.0729. The zero-order valence-corrected chi connectivity index (χ0v) is 53.0. The standard InChI is InChI=1S/C28H22N4O.C27H22N4.C26H21N5O/c1-19(33)22-15-23(18-29-17-22)27-25-14-8-13-24(21-11-6-3-7-12-21)26(25)28(32-31-27)30-16-20-9-4-2-5-10-20;1-19-17-22(15-16-28-19)26-24-14-8-13-23(21-11-6-3-7-12-21)25(24)27(31-30-26)29-18-20-9-4-2-5-10-20;1-32-26-28-16-20(17-29-26)24-22-14-8-13-21(19-11-6-3-7-12-19)23(22)25(31-30-24)27-15-18-9-4-2-5-10-18/h2-15,17-18H,16H2,1H3,(H,30,32);2-17H,18H2,1H3,(H,29,31);2-14,16-17H,15H2,1H3,(H,27,31). The number of anilines is 3. The molecule has 0 saturated heterocycles. The first-order chi connectivity index (χ1) is 47.3. The molecule has 3 N–H and O–H groups in total. The Bertz CT molecular complexity index is 5130. The Morgan fingerprint density at radius 3 is 1.11 bits per heavy atom. The number of ether oxygens (including phenoxy) is 1. The molecular formula is C81H65N13O2. The summed E-state index contributed by atoms with van der Waals surface area (Å²) in [6.07, 6.45) is 8.54. The molecule has 15 aromatic rings. The Morgan fingerprint density at radius 1 is 0.365 bits per heavy atom. The van der Waals surface area contributed by atoms with Crippen LogP contribution < -0.4 is 20.7 Å². The van der Waals surface area contributed by atoms with E-state index >= 15 is 0 Å². The van der Waals surface area contributed by atoms with Crippen molar-refractivity contribution in [1.29, 1.82) is 0 Å². The number of fused-ring (bicyclic) bond motifs is 3. The van der Waals surface area contributed by atoms with E-state index < -0.39 is 0 Å². The van der Waals surface area contributed by atoms with Gasteiger partial charge in [-0.1, -0.05) is 237 Å². The molecular weight excluding hydrogens is 1190 g/mol. The molecule has 466 valence electrons. The second-order valence-corrected chi connectivity index (χ2v) is 22.7. The lowest BCUT2D eigenvalue weighted by molar-refractivity contribution is 0.101. The molecule has 15 rings (SSSR count). The summed E-state index contributed by atoms with van der Waals surface area (Å²) >= 11 is 0. The topological polar surface area (TPSA) is 191 Å². The van der Waals surface area contributed by atoms with Gasteiger partial charge in [0.1, 0.15) is 17.1 Å².